The number of tetrazole rings is 1. The van der Waals surface area contributed by atoms with Gasteiger partial charge in [-0.3, -0.25) is 0 Å². The molecule has 2 aromatic carbocycles. The van der Waals surface area contributed by atoms with Gasteiger partial charge >= 0.3 is 0 Å². The quantitative estimate of drug-likeness (QED) is 0.584. The molecular formula is C19H19N5S. The highest BCUT2D eigenvalue weighted by Gasteiger charge is 2.19. The molecule has 0 bridgehead atoms. The van der Waals surface area contributed by atoms with Gasteiger partial charge < -0.3 is 5.32 Å². The van der Waals surface area contributed by atoms with E-state index < -0.39 is 0 Å². The molecule has 4 aromatic rings. The Bertz CT molecular complexity index is 943. The van der Waals surface area contributed by atoms with Crippen molar-refractivity contribution in [2.75, 3.05) is 0 Å². The summed E-state index contributed by atoms with van der Waals surface area (Å²) in [7, 11) is 0. The second-order valence-corrected chi connectivity index (χ2v) is 7.20. The average molecular weight is 349 g/mol. The van der Waals surface area contributed by atoms with E-state index in [0.717, 1.165) is 11.5 Å². The standard InChI is InChI=1S/C19H19N5S/c1-13(18-12-15-8-6-7-11-17(15)25-18)20-14(2)19-21-22-23-24(19)16-9-4-3-5-10-16/h3-14,20H,1-2H3/t13-,14-/m0/s1. The van der Waals surface area contributed by atoms with Gasteiger partial charge in [0, 0.05) is 15.6 Å². The number of hydrogen-bond donors (Lipinski definition) is 1. The van der Waals surface area contributed by atoms with E-state index in [-0.39, 0.29) is 12.1 Å². The van der Waals surface area contributed by atoms with E-state index in [4.69, 9.17) is 0 Å². The summed E-state index contributed by atoms with van der Waals surface area (Å²) >= 11 is 1.82. The summed E-state index contributed by atoms with van der Waals surface area (Å²) in [5.41, 5.74) is 0.964. The second kappa shape index (κ2) is 6.74. The third-order valence-corrected chi connectivity index (χ3v) is 5.55. The average Bonchev–Trinajstić information content (AvgIpc) is 3.29. The van der Waals surface area contributed by atoms with Crippen LogP contribution >= 0.6 is 11.3 Å². The fraction of sp³-hybridized carbons (Fsp3) is 0.211. The Labute approximate surface area is 150 Å². The predicted octanol–water partition coefficient (Wildman–Crippen LogP) is 4.29. The summed E-state index contributed by atoms with van der Waals surface area (Å²) in [4.78, 5) is 1.31. The normalized spacial score (nSPS) is 13.8. The lowest BCUT2D eigenvalue weighted by Gasteiger charge is -2.18. The highest BCUT2D eigenvalue weighted by Crippen LogP contribution is 2.30. The van der Waals surface area contributed by atoms with Gasteiger partial charge in [0.05, 0.1) is 11.7 Å². The molecule has 0 aliphatic rings. The van der Waals surface area contributed by atoms with Gasteiger partial charge in [-0.25, -0.2) is 0 Å². The number of fused-ring (bicyclic) bond motifs is 1. The van der Waals surface area contributed by atoms with E-state index in [1.807, 2.05) is 41.7 Å². The van der Waals surface area contributed by atoms with Crippen LogP contribution in [0.15, 0.2) is 60.7 Å². The first-order valence-corrected chi connectivity index (χ1v) is 9.12. The van der Waals surface area contributed by atoms with E-state index >= 15 is 0 Å². The van der Waals surface area contributed by atoms with E-state index in [1.165, 1.54) is 15.0 Å². The molecule has 0 saturated carbocycles. The highest BCUT2D eigenvalue weighted by atomic mass is 32.1. The third-order valence-electron chi connectivity index (χ3n) is 4.25. The molecule has 0 aliphatic heterocycles. The van der Waals surface area contributed by atoms with Crippen LogP contribution < -0.4 is 5.32 Å². The molecule has 25 heavy (non-hydrogen) atoms. The first-order valence-electron chi connectivity index (χ1n) is 8.30. The van der Waals surface area contributed by atoms with Crippen LogP contribution in [0.1, 0.15) is 36.6 Å². The van der Waals surface area contributed by atoms with Gasteiger partial charge in [-0.1, -0.05) is 36.4 Å². The number of rotatable bonds is 5. The van der Waals surface area contributed by atoms with Crippen molar-refractivity contribution in [1.82, 2.24) is 25.5 Å². The number of nitrogens with zero attached hydrogens (tertiary/aromatic N) is 4. The first kappa shape index (κ1) is 15.9. The van der Waals surface area contributed by atoms with E-state index in [0.29, 0.717) is 0 Å². The molecule has 126 valence electrons. The Kier molecular flexibility index (Phi) is 4.29. The van der Waals surface area contributed by atoms with Crippen LogP contribution in [-0.4, -0.2) is 20.2 Å². The molecule has 2 aromatic heterocycles. The summed E-state index contributed by atoms with van der Waals surface area (Å²) in [5.74, 6) is 0.805. The summed E-state index contributed by atoms with van der Waals surface area (Å²) in [5, 5.41) is 17.1. The molecule has 2 heterocycles. The molecule has 0 amide bonds. The van der Waals surface area contributed by atoms with Crippen LogP contribution in [0.4, 0.5) is 0 Å². The number of aromatic nitrogens is 4. The van der Waals surface area contributed by atoms with Gasteiger partial charge in [-0.15, -0.1) is 16.4 Å². The van der Waals surface area contributed by atoms with Crippen molar-refractivity contribution in [1.29, 1.82) is 0 Å². The Hall–Kier alpha value is -2.57. The van der Waals surface area contributed by atoms with Crippen molar-refractivity contribution in [3.8, 4) is 5.69 Å². The molecule has 1 N–H and O–H groups in total. The maximum Gasteiger partial charge on any atom is 0.173 e. The fourth-order valence-electron chi connectivity index (χ4n) is 2.96. The molecule has 0 fully saturated rings. The molecular weight excluding hydrogens is 330 g/mol. The molecule has 4 rings (SSSR count). The lowest BCUT2D eigenvalue weighted by Crippen LogP contribution is -2.24. The van der Waals surface area contributed by atoms with Crippen LogP contribution in [0, 0.1) is 0 Å². The van der Waals surface area contributed by atoms with Gasteiger partial charge in [0.1, 0.15) is 0 Å². The molecule has 0 saturated heterocycles. The SMILES string of the molecule is C[C@H](N[C@@H](C)c1nnnn1-c1ccccc1)c1cc2ccccc2s1. The lowest BCUT2D eigenvalue weighted by atomic mass is 10.2. The first-order chi connectivity index (χ1) is 12.2. The van der Waals surface area contributed by atoms with Crippen LogP contribution in [0.3, 0.4) is 0 Å². The molecule has 0 unspecified atom stereocenters. The lowest BCUT2D eigenvalue weighted by molar-refractivity contribution is 0.473. The van der Waals surface area contributed by atoms with Gasteiger partial charge in [-0.2, -0.15) is 4.68 Å². The van der Waals surface area contributed by atoms with Crippen molar-refractivity contribution in [3.05, 3.63) is 71.4 Å². The van der Waals surface area contributed by atoms with Crippen LogP contribution in [0.5, 0.6) is 0 Å². The Balaban J connectivity index is 1.56. The van der Waals surface area contributed by atoms with E-state index in [1.54, 1.807) is 4.68 Å². The summed E-state index contributed by atoms with van der Waals surface area (Å²) in [6.07, 6.45) is 0. The Morgan fingerprint density at radius 2 is 1.72 bits per heavy atom. The molecule has 5 nitrogen and oxygen atoms in total. The highest BCUT2D eigenvalue weighted by molar-refractivity contribution is 7.19. The molecule has 2 atom stereocenters. The minimum atomic E-state index is 0.0235. The number of para-hydroxylation sites is 1. The van der Waals surface area contributed by atoms with E-state index in [9.17, 15) is 0 Å². The molecule has 6 heteroatoms. The molecule has 0 aliphatic carbocycles. The zero-order valence-corrected chi connectivity index (χ0v) is 14.9. The van der Waals surface area contributed by atoms with Gasteiger partial charge in [0.2, 0.25) is 0 Å². The zero-order valence-electron chi connectivity index (χ0n) is 14.1. The zero-order chi connectivity index (χ0) is 17.2. The van der Waals surface area contributed by atoms with Gasteiger partial charge in [-0.05, 0) is 53.9 Å². The maximum absolute atomic E-state index is 4.22. The summed E-state index contributed by atoms with van der Waals surface area (Å²) in [6, 6.07) is 20.9. The van der Waals surface area contributed by atoms with Crippen LogP contribution in [-0.2, 0) is 0 Å². The molecule has 0 spiro atoms. The largest absolute Gasteiger partial charge is 0.300 e. The topological polar surface area (TPSA) is 55.6 Å². The van der Waals surface area contributed by atoms with Crippen molar-refractivity contribution in [2.24, 2.45) is 0 Å². The number of nitrogens with one attached hydrogen (secondary N) is 1. The predicted molar refractivity (Wildman–Crippen MR) is 101 cm³/mol. The fourth-order valence-corrected chi connectivity index (χ4v) is 4.04. The second-order valence-electron chi connectivity index (χ2n) is 6.08. The monoisotopic (exact) mass is 349 g/mol. The van der Waals surface area contributed by atoms with Gasteiger partial charge in [0.25, 0.3) is 0 Å². The Morgan fingerprint density at radius 1 is 0.960 bits per heavy atom. The Morgan fingerprint density at radius 3 is 2.52 bits per heavy atom. The smallest absolute Gasteiger partial charge is 0.173 e. The third kappa shape index (κ3) is 3.18. The molecule has 0 radical (unpaired) electrons. The summed E-state index contributed by atoms with van der Waals surface area (Å²) in [6.45, 7) is 4.27. The maximum atomic E-state index is 4.22. The van der Waals surface area contributed by atoms with E-state index in [2.05, 4.69) is 65.0 Å². The van der Waals surface area contributed by atoms with Crippen LogP contribution in [0.2, 0.25) is 0 Å². The van der Waals surface area contributed by atoms with Crippen LogP contribution in [0.25, 0.3) is 15.8 Å². The minimum Gasteiger partial charge on any atom is -0.300 e. The summed E-state index contributed by atoms with van der Waals surface area (Å²) < 4.78 is 3.10. The van der Waals surface area contributed by atoms with Crippen molar-refractivity contribution in [2.45, 2.75) is 25.9 Å². The minimum absolute atomic E-state index is 0.0235. The van der Waals surface area contributed by atoms with Crippen molar-refractivity contribution in [3.63, 3.8) is 0 Å². The van der Waals surface area contributed by atoms with Crippen molar-refractivity contribution < 1.29 is 0 Å². The van der Waals surface area contributed by atoms with Crippen molar-refractivity contribution >= 4 is 21.4 Å². The number of thiophene rings is 1. The number of hydrogen-bond acceptors (Lipinski definition) is 5. The van der Waals surface area contributed by atoms with Gasteiger partial charge in [0.15, 0.2) is 5.82 Å². The number of benzene rings is 2.